The van der Waals surface area contributed by atoms with E-state index in [1.807, 2.05) is 0 Å². The summed E-state index contributed by atoms with van der Waals surface area (Å²) in [6.45, 7) is 19.3. The van der Waals surface area contributed by atoms with Gasteiger partial charge in [-0.15, -0.1) is 0 Å². The van der Waals surface area contributed by atoms with Crippen molar-refractivity contribution >= 4 is 11.9 Å². The summed E-state index contributed by atoms with van der Waals surface area (Å²) in [5.74, 6) is 1.92. The highest BCUT2D eigenvalue weighted by atomic mass is 16.5. The van der Waals surface area contributed by atoms with E-state index in [1.165, 1.54) is 38.5 Å². The molecule has 0 aromatic rings. The van der Waals surface area contributed by atoms with Crippen LogP contribution in [0.2, 0.25) is 0 Å². The largest absolute Gasteiger partial charge is 0.462 e. The Labute approximate surface area is 220 Å². The molecule has 0 saturated heterocycles. The summed E-state index contributed by atoms with van der Waals surface area (Å²) in [5, 5.41) is 3.07. The first-order chi connectivity index (χ1) is 16.8. The molecule has 0 aromatic carbocycles. The Bertz CT molecular complexity index is 905. The molecule has 0 aromatic heterocycles. The normalized spacial score (nSPS) is 40.1. The molecular weight excluding hydrogens is 446 g/mol. The molecule has 0 heterocycles. The Balaban J connectivity index is 1.56. The molecule has 2 fully saturated rings. The summed E-state index contributed by atoms with van der Waals surface area (Å²) in [6.07, 6.45) is 12.3. The smallest absolute Gasteiger partial charge is 0.302 e. The molecule has 2 saturated carbocycles. The lowest BCUT2D eigenvalue weighted by Crippen LogP contribution is -2.55. The van der Waals surface area contributed by atoms with Crippen LogP contribution in [-0.4, -0.2) is 24.5 Å². The lowest BCUT2D eigenvalue weighted by molar-refractivity contribution is -0.167. The number of amides is 1. The minimum Gasteiger partial charge on any atom is -0.462 e. The van der Waals surface area contributed by atoms with Crippen LogP contribution >= 0.6 is 0 Å². The van der Waals surface area contributed by atoms with Crippen molar-refractivity contribution in [2.45, 2.75) is 132 Å². The number of carbonyl (C=O) groups is 2. The molecule has 4 aliphatic carbocycles. The lowest BCUT2D eigenvalue weighted by atomic mass is 9.43. The standard InChI is InChI=1S/C32H53NO3/c1-9-20-33-28(35)13-10-21(2)23-14-18-32(8)25-11-12-26-29(4,5)27(36-22(3)34)16-17-30(26,6)24(25)15-19-31(23,32)7/h21,23,26-27H,9-20H2,1-8H3,(H,33,35)/t21-,23-,26+,27+,30-,31-,32+/m1/s1. The van der Waals surface area contributed by atoms with E-state index in [2.05, 4.69) is 53.8 Å². The number of fused-ring (bicyclic) bond motifs is 4. The molecule has 7 atom stereocenters. The SMILES string of the molecule is CCCNC(=O)CC[C@@H](C)[C@H]1CC[C@@]2(C)C3=C(CC[C@]12C)[C@@]1(C)CC[C@H](OC(C)=O)C(C)(C)[C@@H]1CC3. The van der Waals surface area contributed by atoms with Crippen LogP contribution in [0.15, 0.2) is 11.1 Å². The fourth-order valence-corrected chi connectivity index (χ4v) is 9.94. The Hall–Kier alpha value is -1.32. The highest BCUT2D eigenvalue weighted by Gasteiger charge is 2.63. The summed E-state index contributed by atoms with van der Waals surface area (Å²) in [4.78, 5) is 24.1. The van der Waals surface area contributed by atoms with Crippen LogP contribution in [0.1, 0.15) is 126 Å². The average molecular weight is 500 g/mol. The molecule has 204 valence electrons. The van der Waals surface area contributed by atoms with Gasteiger partial charge in [-0.1, -0.05) is 59.6 Å². The Morgan fingerprint density at radius 2 is 1.72 bits per heavy atom. The molecule has 4 rings (SSSR count). The molecule has 0 radical (unpaired) electrons. The Kier molecular flexibility index (Phi) is 7.52. The van der Waals surface area contributed by atoms with E-state index in [0.717, 1.165) is 32.2 Å². The number of hydrogen-bond donors (Lipinski definition) is 1. The number of allylic oxidation sites excluding steroid dienone is 2. The lowest BCUT2D eigenvalue weighted by Gasteiger charge is -2.62. The predicted molar refractivity (Wildman–Crippen MR) is 146 cm³/mol. The van der Waals surface area contributed by atoms with Crippen molar-refractivity contribution in [2.75, 3.05) is 6.54 Å². The van der Waals surface area contributed by atoms with Gasteiger partial charge in [0.25, 0.3) is 0 Å². The second-order valence-corrected chi connectivity index (χ2v) is 14.2. The second kappa shape index (κ2) is 9.77. The third-order valence-electron chi connectivity index (χ3n) is 12.1. The van der Waals surface area contributed by atoms with Gasteiger partial charge >= 0.3 is 5.97 Å². The molecule has 4 heteroatoms. The summed E-state index contributed by atoms with van der Waals surface area (Å²) in [6, 6.07) is 0. The molecule has 4 aliphatic rings. The predicted octanol–water partition coefficient (Wildman–Crippen LogP) is 7.61. The maximum atomic E-state index is 12.3. The highest BCUT2D eigenvalue weighted by Crippen LogP contribution is 2.72. The second-order valence-electron chi connectivity index (χ2n) is 14.2. The van der Waals surface area contributed by atoms with Gasteiger partial charge < -0.3 is 10.1 Å². The minimum absolute atomic E-state index is 0.00390. The molecule has 1 amide bonds. The van der Waals surface area contributed by atoms with Crippen LogP contribution in [0.25, 0.3) is 0 Å². The molecule has 0 aliphatic heterocycles. The van der Waals surface area contributed by atoms with Gasteiger partial charge in [-0.25, -0.2) is 0 Å². The number of rotatable bonds is 7. The average Bonchev–Trinajstić information content (AvgIpc) is 3.09. The third kappa shape index (κ3) is 4.27. The third-order valence-corrected chi connectivity index (χ3v) is 12.1. The monoisotopic (exact) mass is 499 g/mol. The van der Waals surface area contributed by atoms with E-state index < -0.39 is 0 Å². The number of carbonyl (C=O) groups excluding carboxylic acids is 2. The summed E-state index contributed by atoms with van der Waals surface area (Å²) in [5.41, 5.74) is 4.39. The van der Waals surface area contributed by atoms with Crippen molar-refractivity contribution < 1.29 is 14.3 Å². The van der Waals surface area contributed by atoms with Crippen molar-refractivity contribution in [1.82, 2.24) is 5.32 Å². The molecular formula is C32H53NO3. The van der Waals surface area contributed by atoms with Crippen molar-refractivity contribution in [3.63, 3.8) is 0 Å². The van der Waals surface area contributed by atoms with Gasteiger partial charge in [0.2, 0.25) is 5.91 Å². The van der Waals surface area contributed by atoms with Gasteiger partial charge in [-0.3, -0.25) is 9.59 Å². The van der Waals surface area contributed by atoms with E-state index in [0.29, 0.717) is 29.6 Å². The number of esters is 1. The number of hydrogen-bond acceptors (Lipinski definition) is 3. The minimum atomic E-state index is -0.137. The van der Waals surface area contributed by atoms with E-state index in [9.17, 15) is 9.59 Å². The zero-order valence-corrected chi connectivity index (χ0v) is 24.5. The van der Waals surface area contributed by atoms with Crippen molar-refractivity contribution in [3.05, 3.63) is 11.1 Å². The topological polar surface area (TPSA) is 55.4 Å². The Morgan fingerprint density at radius 1 is 1.00 bits per heavy atom. The van der Waals surface area contributed by atoms with Gasteiger partial charge in [0.15, 0.2) is 0 Å². The molecule has 36 heavy (non-hydrogen) atoms. The van der Waals surface area contributed by atoms with Crippen molar-refractivity contribution in [3.8, 4) is 0 Å². The van der Waals surface area contributed by atoms with Crippen LogP contribution < -0.4 is 5.32 Å². The molecule has 0 bridgehead atoms. The van der Waals surface area contributed by atoms with Crippen LogP contribution in [0, 0.1) is 39.4 Å². The first-order valence-electron chi connectivity index (χ1n) is 15.0. The first-order valence-corrected chi connectivity index (χ1v) is 15.0. The van der Waals surface area contributed by atoms with Crippen LogP contribution in [0.5, 0.6) is 0 Å². The summed E-state index contributed by atoms with van der Waals surface area (Å²) >= 11 is 0. The molecule has 1 N–H and O–H groups in total. The number of nitrogens with one attached hydrogen (secondary N) is 1. The molecule has 0 spiro atoms. The van der Waals surface area contributed by atoms with Crippen LogP contribution in [-0.2, 0) is 14.3 Å². The zero-order chi connectivity index (χ0) is 26.5. The van der Waals surface area contributed by atoms with Crippen LogP contribution in [0.4, 0.5) is 0 Å². The summed E-state index contributed by atoms with van der Waals surface area (Å²) < 4.78 is 5.86. The van der Waals surface area contributed by atoms with Gasteiger partial charge in [0, 0.05) is 25.3 Å². The maximum absolute atomic E-state index is 12.3. The molecule has 0 unspecified atom stereocenters. The van der Waals surface area contributed by atoms with Gasteiger partial charge in [-0.05, 0) is 98.2 Å². The quantitative estimate of drug-likeness (QED) is 0.290. The van der Waals surface area contributed by atoms with E-state index in [1.54, 1.807) is 18.1 Å². The first kappa shape index (κ1) is 27.7. The fourth-order valence-electron chi connectivity index (χ4n) is 9.94. The highest BCUT2D eigenvalue weighted by molar-refractivity contribution is 5.75. The summed E-state index contributed by atoms with van der Waals surface area (Å²) in [7, 11) is 0. The fraction of sp³-hybridized carbons (Fsp3) is 0.875. The Morgan fingerprint density at radius 3 is 2.39 bits per heavy atom. The van der Waals surface area contributed by atoms with E-state index in [4.69, 9.17) is 4.74 Å². The van der Waals surface area contributed by atoms with Crippen molar-refractivity contribution in [2.24, 2.45) is 39.4 Å². The van der Waals surface area contributed by atoms with E-state index in [-0.39, 0.29) is 34.2 Å². The van der Waals surface area contributed by atoms with E-state index >= 15 is 0 Å². The van der Waals surface area contributed by atoms with Gasteiger partial charge in [0.05, 0.1) is 0 Å². The van der Waals surface area contributed by atoms with Crippen molar-refractivity contribution in [1.29, 1.82) is 0 Å². The molecule has 4 nitrogen and oxygen atoms in total. The van der Waals surface area contributed by atoms with Gasteiger partial charge in [0.1, 0.15) is 6.10 Å². The van der Waals surface area contributed by atoms with Crippen LogP contribution in [0.3, 0.4) is 0 Å². The maximum Gasteiger partial charge on any atom is 0.302 e. The number of ether oxygens (including phenoxy) is 1. The zero-order valence-electron chi connectivity index (χ0n) is 24.5. The van der Waals surface area contributed by atoms with Gasteiger partial charge in [-0.2, -0.15) is 0 Å².